The first kappa shape index (κ1) is 75.6. The predicted octanol–water partition coefficient (Wildman–Crippen LogP) is 27.2. The number of hydrogen-bond acceptors (Lipinski definition) is 7. The molecule has 5 heterocycles. The Labute approximate surface area is 739 Å². The summed E-state index contributed by atoms with van der Waals surface area (Å²) in [5.74, 6) is 6.76. The number of para-hydroxylation sites is 7. The van der Waals surface area contributed by atoms with E-state index in [1.54, 1.807) is 0 Å². The molecule has 4 atom stereocenters. The minimum Gasteiger partial charge on any atom is -0.458 e. The number of benzene rings is 13. The highest BCUT2D eigenvalue weighted by Crippen LogP contribution is 2.66. The van der Waals surface area contributed by atoms with Crippen molar-refractivity contribution in [3.8, 4) is 22.6 Å². The number of anilines is 13. The molecule has 13 aromatic rings. The summed E-state index contributed by atoms with van der Waals surface area (Å²) in [5, 5.41) is 0. The maximum Gasteiger partial charge on any atom is 0.256 e. The molecule has 0 N–H and O–H groups in total. The third-order valence-corrected chi connectivity index (χ3v) is 34.1. The average molecular weight is 1630 g/mol. The topological polar surface area (TPSA) is 25.4 Å². The van der Waals surface area contributed by atoms with E-state index in [1.807, 2.05) is 0 Å². The largest absolute Gasteiger partial charge is 0.458 e. The summed E-state index contributed by atoms with van der Waals surface area (Å²) in [6.45, 7) is -0.218. The van der Waals surface area contributed by atoms with Crippen molar-refractivity contribution in [1.29, 1.82) is 0 Å². The molecule has 5 aliphatic heterocycles. The quantitative estimate of drug-likeness (QED) is 0.106. The molecule has 6 saturated carbocycles. The molecule has 6 nitrogen and oxygen atoms in total. The zero-order valence-electron chi connectivity index (χ0n) is 71.7. The lowest BCUT2D eigenvalue weighted by molar-refractivity contribution is 0.0839. The first-order chi connectivity index (χ1) is 61.6. The maximum atomic E-state index is 7.76. The number of fused-ring (bicyclic) bond motifs is 17. The van der Waals surface area contributed by atoms with E-state index in [2.05, 4.69) is 334 Å². The van der Waals surface area contributed by atoms with Crippen LogP contribution < -0.4 is 62.0 Å². The number of rotatable bonds is 13. The van der Waals surface area contributed by atoms with Crippen LogP contribution in [-0.4, -0.2) is 25.5 Å². The second-order valence-electron chi connectivity index (χ2n) is 39.1. The van der Waals surface area contributed by atoms with Crippen LogP contribution in [0.4, 0.5) is 73.9 Å². The third-order valence-electron chi connectivity index (χ3n) is 33.0. The van der Waals surface area contributed by atoms with Crippen LogP contribution in [0.1, 0.15) is 189 Å². The maximum absolute atomic E-state index is 7.76. The summed E-state index contributed by atoms with van der Waals surface area (Å²) in [6.07, 6.45) is 34.6. The number of hydrogen-bond donors (Lipinski definition) is 0. The smallest absolute Gasteiger partial charge is 0.256 e. The molecular formula is C115H111B2N5OS. The van der Waals surface area contributed by atoms with Gasteiger partial charge in [-0.1, -0.05) is 341 Å². The lowest BCUT2D eigenvalue weighted by atomic mass is 9.33. The molecule has 6 fully saturated rings. The Kier molecular flexibility index (Phi) is 19.1. The van der Waals surface area contributed by atoms with Crippen LogP contribution >= 0.6 is 11.8 Å². The van der Waals surface area contributed by atoms with E-state index in [9.17, 15) is 0 Å². The molecule has 12 aliphatic rings. The minimum atomic E-state index is -0.727. The number of nitrogens with zero attached hydrogens (tertiary/aromatic N) is 5. The van der Waals surface area contributed by atoms with Crippen molar-refractivity contribution in [2.75, 3.05) is 24.5 Å². The van der Waals surface area contributed by atoms with Crippen LogP contribution in [0.15, 0.2) is 307 Å². The molecular weight excluding hydrogens is 1520 g/mol. The molecule has 7 aliphatic carbocycles. The van der Waals surface area contributed by atoms with Crippen LogP contribution in [0.5, 0.6) is 11.5 Å². The van der Waals surface area contributed by atoms with Gasteiger partial charge in [0, 0.05) is 90.5 Å². The monoisotopic (exact) mass is 1630 g/mol. The molecule has 0 bridgehead atoms. The molecule has 0 radical (unpaired) electrons. The van der Waals surface area contributed by atoms with Crippen molar-refractivity contribution in [3.63, 3.8) is 0 Å². The van der Waals surface area contributed by atoms with E-state index in [0.717, 1.165) is 39.9 Å². The van der Waals surface area contributed by atoms with Gasteiger partial charge in [0.25, 0.3) is 13.4 Å². The van der Waals surface area contributed by atoms with Crippen molar-refractivity contribution in [1.82, 2.24) is 0 Å². The van der Waals surface area contributed by atoms with Gasteiger partial charge in [0.15, 0.2) is 0 Å². The van der Waals surface area contributed by atoms with Crippen molar-refractivity contribution in [3.05, 3.63) is 320 Å². The first-order valence-electron chi connectivity index (χ1n) is 48.3. The van der Waals surface area contributed by atoms with E-state index in [0.29, 0.717) is 47.3 Å². The Morgan fingerprint density at radius 2 is 0.645 bits per heavy atom. The van der Waals surface area contributed by atoms with Crippen LogP contribution in [-0.2, 0) is 5.41 Å². The molecule has 13 aromatic carbocycles. The van der Waals surface area contributed by atoms with Gasteiger partial charge < -0.3 is 29.2 Å². The van der Waals surface area contributed by atoms with Gasteiger partial charge in [0.1, 0.15) is 11.5 Å². The molecule has 0 amide bonds. The van der Waals surface area contributed by atoms with Crippen LogP contribution in [0.3, 0.4) is 0 Å². The Hall–Kier alpha value is -10.9. The average Bonchev–Trinajstić information content (AvgIpc) is 1.53. The van der Waals surface area contributed by atoms with Gasteiger partial charge in [0.05, 0.1) is 16.8 Å². The minimum absolute atomic E-state index is 0.103. The Balaban J connectivity index is 0.794. The summed E-state index contributed by atoms with van der Waals surface area (Å²) in [5.41, 5.74) is 32.2. The first-order valence-corrected chi connectivity index (χ1v) is 49.1. The van der Waals surface area contributed by atoms with Crippen molar-refractivity contribution < 1.29 is 4.74 Å². The molecule has 25 rings (SSSR count). The summed E-state index contributed by atoms with van der Waals surface area (Å²) in [4.78, 5) is 16.9. The fourth-order valence-electron chi connectivity index (χ4n) is 28.1. The Bertz CT molecular complexity index is 6020. The highest BCUT2D eigenvalue weighted by atomic mass is 32.2. The fourth-order valence-corrected chi connectivity index (χ4v) is 29.3. The van der Waals surface area contributed by atoms with Crippen LogP contribution in [0.2, 0.25) is 0 Å². The Morgan fingerprint density at radius 1 is 0.274 bits per heavy atom. The number of ether oxygens (including phenoxy) is 1. The van der Waals surface area contributed by atoms with Crippen molar-refractivity contribution >= 4 is 132 Å². The van der Waals surface area contributed by atoms with Crippen LogP contribution in [0, 0.1) is 47.3 Å². The lowest BCUT2D eigenvalue weighted by Crippen LogP contribution is -2.65. The van der Waals surface area contributed by atoms with Gasteiger partial charge in [-0.2, -0.15) is 0 Å². The SMILES string of the molecule is c1ccc(N(c2ccccc2)c2cc3c4c(c2)N(C2C(C5CCCCC5)CCCC2C2CCCCC2)c2cc5c(cc2B4c2ccccc2O3)C2(c3cc4c(cc3S5)N(C3C(C5CCCCC5)CCCC3C3CCCCC3)c3cc(N(c5ccccc5)c5ccccc5)cc5c3B4c3ccccc3N5c3ccccc3)c3ccccc3-c3ccccc32)cc1. The van der Waals surface area contributed by atoms with E-state index < -0.39 is 5.41 Å². The Morgan fingerprint density at radius 3 is 1.10 bits per heavy atom. The molecule has 1 spiro atoms. The molecule has 614 valence electrons. The molecule has 4 unspecified atom stereocenters. The highest BCUT2D eigenvalue weighted by molar-refractivity contribution is 7.99. The summed E-state index contributed by atoms with van der Waals surface area (Å²) < 4.78 is 7.76. The highest BCUT2D eigenvalue weighted by Gasteiger charge is 2.58. The second kappa shape index (κ2) is 31.4. The van der Waals surface area contributed by atoms with E-state index in [-0.39, 0.29) is 25.5 Å². The summed E-state index contributed by atoms with van der Waals surface area (Å²) >= 11 is 2.14. The van der Waals surface area contributed by atoms with E-state index >= 15 is 0 Å². The summed E-state index contributed by atoms with van der Waals surface area (Å²) in [7, 11) is 0. The van der Waals surface area contributed by atoms with Gasteiger partial charge in [-0.05, 0) is 242 Å². The summed E-state index contributed by atoms with van der Waals surface area (Å²) in [6, 6.07) is 118. The van der Waals surface area contributed by atoms with E-state index in [4.69, 9.17) is 4.74 Å². The zero-order chi connectivity index (χ0) is 81.5. The molecule has 0 saturated heterocycles. The second-order valence-corrected chi connectivity index (χ2v) is 40.2. The molecule has 0 aromatic heterocycles. The fraction of sp³-hybridized carbons (Fsp3) is 0.322. The van der Waals surface area contributed by atoms with Gasteiger partial charge in [-0.3, -0.25) is 0 Å². The van der Waals surface area contributed by atoms with Crippen molar-refractivity contribution in [2.45, 2.75) is 194 Å². The van der Waals surface area contributed by atoms with Gasteiger partial charge in [-0.15, -0.1) is 0 Å². The predicted molar refractivity (Wildman–Crippen MR) is 520 cm³/mol. The van der Waals surface area contributed by atoms with Crippen LogP contribution in [0.25, 0.3) is 11.1 Å². The lowest BCUT2D eigenvalue weighted by Gasteiger charge is -2.55. The third kappa shape index (κ3) is 12.1. The normalized spacial score (nSPS) is 22.2. The van der Waals surface area contributed by atoms with Gasteiger partial charge >= 0.3 is 0 Å². The standard InChI is InChI=1S/C115H111B2N5OS/c1-10-38-76(39-11-1)87-58-36-59-88(77-40-12-2-13-41-77)113(87)121-102-74-109-95(72-99(102)116-97-64-32-34-66-101(97)120(84-54-26-9-27-55-84)104-68-85(69-105(121)111(104)116)118(80-46-18-5-19-47-80)81-48-20-6-21-49-81)115(93-62-30-28-56-91(93)92-57-29-31-63-94(92)115)96-73-100-103(75-110(96)124-109)122(114-89(78-42-14-3-15-43-78)60-37-61-90(114)79-44-16-4-17-45-79)106-70-86(71-108-112(106)117(100)98-65-33-35-67-107(98)123-108)119(82-50-22-7-23-51-82)83-52-24-8-25-53-83/h5-9,18-35,46-57,62-79,87-90,113-114H,1-4,10-17,36-45,58-61H2. The van der Waals surface area contributed by atoms with E-state index in [1.165, 1.54) is 288 Å². The molecule has 9 heteroatoms. The molecule has 124 heavy (non-hydrogen) atoms. The zero-order valence-corrected chi connectivity index (χ0v) is 72.5. The van der Waals surface area contributed by atoms with Gasteiger partial charge in [-0.25, -0.2) is 0 Å². The van der Waals surface area contributed by atoms with Gasteiger partial charge in [0.2, 0.25) is 0 Å². The van der Waals surface area contributed by atoms with Crippen molar-refractivity contribution in [2.24, 2.45) is 47.3 Å².